The second-order valence-corrected chi connectivity index (χ2v) is 5.08. The van der Waals surface area contributed by atoms with Gasteiger partial charge < -0.3 is 9.88 Å². The summed E-state index contributed by atoms with van der Waals surface area (Å²) in [5, 5.41) is 3.55. The summed E-state index contributed by atoms with van der Waals surface area (Å²) in [4.78, 5) is 8.97. The molecule has 0 amide bonds. The molecule has 88 valence electrons. The van der Waals surface area contributed by atoms with Gasteiger partial charge in [0.1, 0.15) is 11.3 Å². The van der Waals surface area contributed by atoms with E-state index in [0.29, 0.717) is 12.1 Å². The maximum Gasteiger partial charge on any atom is 0.127 e. The number of hydrogen-bond acceptors (Lipinski definition) is 3. The first-order valence-electron chi connectivity index (χ1n) is 6.49. The summed E-state index contributed by atoms with van der Waals surface area (Å²) in [5.41, 5.74) is 2.30. The van der Waals surface area contributed by atoms with Crippen LogP contribution in [0.5, 0.6) is 0 Å². The van der Waals surface area contributed by atoms with Crippen LogP contribution in [0.2, 0.25) is 0 Å². The van der Waals surface area contributed by atoms with Crippen LogP contribution in [-0.4, -0.2) is 21.1 Å². The van der Waals surface area contributed by atoms with Crippen molar-refractivity contribution < 1.29 is 0 Å². The molecular weight excluding hydrogens is 212 g/mol. The van der Waals surface area contributed by atoms with Crippen LogP contribution in [-0.2, 0) is 0 Å². The Morgan fingerprint density at radius 1 is 1.29 bits per heavy atom. The number of aromatic nitrogens is 3. The number of pyridine rings is 1. The van der Waals surface area contributed by atoms with Gasteiger partial charge in [0, 0.05) is 12.2 Å². The van der Waals surface area contributed by atoms with Gasteiger partial charge in [-0.15, -0.1) is 0 Å². The number of rotatable bonds is 2. The molecule has 1 atom stereocenters. The van der Waals surface area contributed by atoms with Crippen molar-refractivity contribution in [1.29, 1.82) is 0 Å². The van der Waals surface area contributed by atoms with Crippen LogP contribution < -0.4 is 5.32 Å². The number of nitrogens with one attached hydrogen (secondary N) is 1. The number of fused-ring (bicyclic) bond motifs is 1. The molecule has 1 aliphatic carbocycles. The van der Waals surface area contributed by atoms with Gasteiger partial charge in [-0.05, 0) is 38.3 Å². The van der Waals surface area contributed by atoms with E-state index in [0.717, 1.165) is 12.1 Å². The number of hydrogen-bond donors (Lipinski definition) is 1. The fourth-order valence-corrected chi connectivity index (χ4v) is 2.84. The fourth-order valence-electron chi connectivity index (χ4n) is 2.84. The summed E-state index contributed by atoms with van der Waals surface area (Å²) in [7, 11) is 0. The van der Waals surface area contributed by atoms with E-state index in [-0.39, 0.29) is 0 Å². The van der Waals surface area contributed by atoms with Crippen LogP contribution in [0.3, 0.4) is 0 Å². The molecule has 2 fully saturated rings. The quantitative estimate of drug-likeness (QED) is 0.856. The van der Waals surface area contributed by atoms with E-state index in [1.54, 1.807) is 0 Å². The monoisotopic (exact) mass is 228 g/mol. The molecule has 0 radical (unpaired) electrons. The zero-order valence-corrected chi connectivity index (χ0v) is 9.76. The predicted molar refractivity (Wildman–Crippen MR) is 65.8 cm³/mol. The molecular formula is C13H16N4. The molecule has 0 aromatic carbocycles. The SMILES string of the molecule is c1cc2c(cn1)nc(C1CCCN1)n2C1CC1. The molecule has 4 rings (SSSR count). The van der Waals surface area contributed by atoms with Crippen molar-refractivity contribution in [2.45, 2.75) is 37.8 Å². The summed E-state index contributed by atoms with van der Waals surface area (Å²) >= 11 is 0. The van der Waals surface area contributed by atoms with Gasteiger partial charge in [0.25, 0.3) is 0 Å². The van der Waals surface area contributed by atoms with Crippen molar-refractivity contribution in [2.24, 2.45) is 0 Å². The van der Waals surface area contributed by atoms with Crippen LogP contribution in [0, 0.1) is 0 Å². The Labute approximate surface area is 100 Å². The molecule has 17 heavy (non-hydrogen) atoms. The molecule has 2 aromatic rings. The van der Waals surface area contributed by atoms with Crippen molar-refractivity contribution in [3.05, 3.63) is 24.3 Å². The van der Waals surface area contributed by atoms with Crippen LogP contribution in [0.25, 0.3) is 11.0 Å². The maximum atomic E-state index is 4.79. The Kier molecular flexibility index (Phi) is 1.99. The molecule has 1 unspecified atom stereocenters. The topological polar surface area (TPSA) is 42.7 Å². The second-order valence-electron chi connectivity index (χ2n) is 5.08. The highest BCUT2D eigenvalue weighted by atomic mass is 15.2. The van der Waals surface area contributed by atoms with Crippen LogP contribution in [0.4, 0.5) is 0 Å². The molecule has 4 heteroatoms. The first kappa shape index (κ1) is 9.59. The Hall–Kier alpha value is -1.42. The smallest absolute Gasteiger partial charge is 0.127 e. The average Bonchev–Trinajstić information content (AvgIpc) is 2.94. The molecule has 1 saturated heterocycles. The molecule has 0 spiro atoms. The third-order valence-corrected chi connectivity index (χ3v) is 3.80. The Bertz CT molecular complexity index is 550. The third kappa shape index (κ3) is 1.47. The lowest BCUT2D eigenvalue weighted by atomic mass is 10.2. The number of imidazole rings is 1. The maximum absolute atomic E-state index is 4.79. The molecule has 0 bridgehead atoms. The summed E-state index contributed by atoms with van der Waals surface area (Å²) in [6.07, 6.45) is 8.82. The van der Waals surface area contributed by atoms with E-state index in [1.807, 2.05) is 12.4 Å². The Balaban J connectivity index is 1.91. The summed E-state index contributed by atoms with van der Waals surface area (Å²) in [5.74, 6) is 1.23. The minimum atomic E-state index is 0.447. The lowest BCUT2D eigenvalue weighted by Crippen LogP contribution is -2.17. The van der Waals surface area contributed by atoms with Gasteiger partial charge in [-0.25, -0.2) is 4.98 Å². The largest absolute Gasteiger partial charge is 0.323 e. The molecule has 1 saturated carbocycles. The van der Waals surface area contributed by atoms with E-state index < -0.39 is 0 Å². The molecule has 2 aromatic heterocycles. The minimum Gasteiger partial charge on any atom is -0.323 e. The highest BCUT2D eigenvalue weighted by Gasteiger charge is 2.31. The molecule has 4 nitrogen and oxygen atoms in total. The predicted octanol–water partition coefficient (Wildman–Crippen LogP) is 2.19. The van der Waals surface area contributed by atoms with Gasteiger partial charge in [0.05, 0.1) is 17.8 Å². The van der Waals surface area contributed by atoms with Crippen molar-refractivity contribution in [2.75, 3.05) is 6.54 Å². The van der Waals surface area contributed by atoms with Gasteiger partial charge in [-0.3, -0.25) is 4.98 Å². The summed E-state index contributed by atoms with van der Waals surface area (Å²) in [6, 6.07) is 3.22. The zero-order valence-electron chi connectivity index (χ0n) is 9.76. The lowest BCUT2D eigenvalue weighted by Gasteiger charge is -2.13. The van der Waals surface area contributed by atoms with Gasteiger partial charge in [-0.1, -0.05) is 0 Å². The first-order valence-corrected chi connectivity index (χ1v) is 6.49. The van der Waals surface area contributed by atoms with Crippen LogP contribution >= 0.6 is 0 Å². The van der Waals surface area contributed by atoms with Crippen molar-refractivity contribution in [3.63, 3.8) is 0 Å². The van der Waals surface area contributed by atoms with Crippen molar-refractivity contribution >= 4 is 11.0 Å². The fraction of sp³-hybridized carbons (Fsp3) is 0.538. The molecule has 1 aliphatic heterocycles. The van der Waals surface area contributed by atoms with Crippen molar-refractivity contribution in [3.8, 4) is 0 Å². The summed E-state index contributed by atoms with van der Waals surface area (Å²) in [6.45, 7) is 1.12. The van der Waals surface area contributed by atoms with E-state index >= 15 is 0 Å². The first-order chi connectivity index (χ1) is 8.43. The summed E-state index contributed by atoms with van der Waals surface area (Å²) < 4.78 is 2.44. The molecule has 1 N–H and O–H groups in total. The van der Waals surface area contributed by atoms with E-state index in [2.05, 4.69) is 20.9 Å². The van der Waals surface area contributed by atoms with Gasteiger partial charge >= 0.3 is 0 Å². The Morgan fingerprint density at radius 2 is 2.24 bits per heavy atom. The van der Waals surface area contributed by atoms with Crippen molar-refractivity contribution in [1.82, 2.24) is 19.9 Å². The zero-order chi connectivity index (χ0) is 11.2. The highest BCUT2D eigenvalue weighted by Crippen LogP contribution is 2.40. The van der Waals surface area contributed by atoms with E-state index in [9.17, 15) is 0 Å². The molecule has 2 aliphatic rings. The molecule has 3 heterocycles. The Morgan fingerprint density at radius 3 is 3.00 bits per heavy atom. The lowest BCUT2D eigenvalue weighted by molar-refractivity contribution is 0.560. The normalized spacial score (nSPS) is 24.6. The average molecular weight is 228 g/mol. The van der Waals surface area contributed by atoms with Crippen LogP contribution in [0.1, 0.15) is 43.6 Å². The third-order valence-electron chi connectivity index (χ3n) is 3.80. The van der Waals surface area contributed by atoms with Crippen LogP contribution in [0.15, 0.2) is 18.5 Å². The van der Waals surface area contributed by atoms with Gasteiger partial charge in [-0.2, -0.15) is 0 Å². The second kappa shape index (κ2) is 3.53. The van der Waals surface area contributed by atoms with Gasteiger partial charge in [0.2, 0.25) is 0 Å². The van der Waals surface area contributed by atoms with E-state index in [1.165, 1.54) is 37.0 Å². The number of nitrogens with zero attached hydrogens (tertiary/aromatic N) is 3. The standard InChI is InChI=1S/C13H16N4/c1-2-10(15-6-1)13-16-11-8-14-7-5-12(11)17(13)9-3-4-9/h5,7-10,15H,1-4,6H2. The highest BCUT2D eigenvalue weighted by molar-refractivity contribution is 5.75. The van der Waals surface area contributed by atoms with Gasteiger partial charge in [0.15, 0.2) is 0 Å². The van der Waals surface area contributed by atoms with E-state index in [4.69, 9.17) is 4.98 Å². The minimum absolute atomic E-state index is 0.447.